The van der Waals surface area contributed by atoms with Crippen LogP contribution in [0.15, 0.2) is 0 Å². The van der Waals surface area contributed by atoms with Crippen molar-refractivity contribution in [2.45, 2.75) is 18.1 Å². The highest BCUT2D eigenvalue weighted by Crippen LogP contribution is 2.12. The van der Waals surface area contributed by atoms with E-state index in [9.17, 15) is 4.79 Å². The van der Waals surface area contributed by atoms with Crippen molar-refractivity contribution in [2.75, 3.05) is 6.26 Å². The van der Waals surface area contributed by atoms with E-state index in [1.165, 1.54) is 11.8 Å². The van der Waals surface area contributed by atoms with Crippen LogP contribution in [0.5, 0.6) is 0 Å². The summed E-state index contributed by atoms with van der Waals surface area (Å²) in [4.78, 5) is 10.5. The molecule has 9 heavy (non-hydrogen) atoms. The first-order valence-corrected chi connectivity index (χ1v) is 4.41. The highest BCUT2D eigenvalue weighted by atomic mass is 32.2. The molecule has 0 N–H and O–H groups in total. The fraction of sp³-hybridized carbons (Fsp3) is 0.800. The predicted molar refractivity (Wildman–Crippen MR) is 42.7 cm³/mol. The molecule has 0 radical (unpaired) electrons. The molecule has 0 rings (SSSR count). The Labute approximate surface area is 64.8 Å². The van der Waals surface area contributed by atoms with Crippen LogP contribution in [0.1, 0.15) is 13.3 Å². The van der Waals surface area contributed by atoms with Gasteiger partial charge in [-0.15, -0.1) is 24.4 Å². The number of ether oxygens (including phenoxy) is 1. The highest BCUT2D eigenvalue weighted by Gasteiger charge is 2.04. The molecule has 0 spiro atoms. The van der Waals surface area contributed by atoms with Crippen LogP contribution in [0.3, 0.4) is 0 Å². The molecular weight excluding hydrogens is 156 g/mol. The zero-order valence-corrected chi connectivity index (χ0v) is 7.17. The minimum Gasteiger partial charge on any atom is -0.441 e. The molecule has 0 bridgehead atoms. The van der Waals surface area contributed by atoms with E-state index in [1.54, 1.807) is 6.92 Å². The lowest BCUT2D eigenvalue weighted by Crippen LogP contribution is -2.07. The third-order valence-corrected chi connectivity index (χ3v) is 1.96. The van der Waals surface area contributed by atoms with Gasteiger partial charge in [0.2, 0.25) is 0 Å². The molecule has 0 amide bonds. The van der Waals surface area contributed by atoms with Crippen LogP contribution in [0.2, 0.25) is 0 Å². The van der Waals surface area contributed by atoms with Crippen LogP contribution in [-0.4, -0.2) is 17.0 Å². The third kappa shape index (κ3) is 4.66. The molecule has 0 saturated heterocycles. The van der Waals surface area contributed by atoms with E-state index in [-0.39, 0.29) is 10.7 Å². The van der Waals surface area contributed by atoms with Gasteiger partial charge in [0, 0.05) is 6.42 Å². The Balaban J connectivity index is 3.34. The van der Waals surface area contributed by atoms with Crippen molar-refractivity contribution < 1.29 is 9.53 Å². The van der Waals surface area contributed by atoms with E-state index >= 15 is 0 Å². The van der Waals surface area contributed by atoms with E-state index < -0.39 is 0 Å². The van der Waals surface area contributed by atoms with Gasteiger partial charge in [0.1, 0.15) is 0 Å². The van der Waals surface area contributed by atoms with E-state index in [0.29, 0.717) is 6.42 Å². The molecule has 0 aromatic carbocycles. The molecule has 1 unspecified atom stereocenters. The molecule has 0 aromatic rings. The number of esters is 1. The van der Waals surface area contributed by atoms with Gasteiger partial charge in [0.15, 0.2) is 4.77 Å². The SMILES string of the molecule is CCC(=O)OC(S)SC. The van der Waals surface area contributed by atoms with Crippen molar-refractivity contribution in [1.82, 2.24) is 0 Å². The first kappa shape index (κ1) is 9.17. The summed E-state index contributed by atoms with van der Waals surface area (Å²) < 4.78 is 4.43. The van der Waals surface area contributed by atoms with Crippen LogP contribution in [-0.2, 0) is 9.53 Å². The second-order valence-electron chi connectivity index (χ2n) is 1.39. The van der Waals surface area contributed by atoms with E-state index in [2.05, 4.69) is 12.6 Å². The van der Waals surface area contributed by atoms with Crippen molar-refractivity contribution in [2.24, 2.45) is 0 Å². The summed E-state index contributed by atoms with van der Waals surface area (Å²) >= 11 is 5.33. The fourth-order valence-corrected chi connectivity index (χ4v) is 0.565. The Morgan fingerprint density at radius 2 is 2.44 bits per heavy atom. The number of hydrogen-bond donors (Lipinski definition) is 1. The maximum absolute atomic E-state index is 10.5. The minimum absolute atomic E-state index is 0.204. The van der Waals surface area contributed by atoms with Gasteiger partial charge >= 0.3 is 5.97 Å². The van der Waals surface area contributed by atoms with Crippen molar-refractivity contribution in [3.63, 3.8) is 0 Å². The monoisotopic (exact) mass is 166 g/mol. The Bertz CT molecular complexity index is 95.0. The van der Waals surface area contributed by atoms with Crippen LogP contribution in [0, 0.1) is 0 Å². The maximum atomic E-state index is 10.5. The Morgan fingerprint density at radius 3 is 2.78 bits per heavy atom. The van der Waals surface area contributed by atoms with Crippen molar-refractivity contribution in [3.8, 4) is 0 Å². The summed E-state index contributed by atoms with van der Waals surface area (Å²) in [7, 11) is 0. The number of carbonyl (C=O) groups is 1. The van der Waals surface area contributed by atoms with E-state index in [4.69, 9.17) is 4.74 Å². The van der Waals surface area contributed by atoms with Gasteiger partial charge in [-0.25, -0.2) is 0 Å². The molecule has 0 aliphatic rings. The topological polar surface area (TPSA) is 26.3 Å². The third-order valence-electron chi connectivity index (χ3n) is 0.723. The molecular formula is C5H10O2S2. The van der Waals surface area contributed by atoms with Gasteiger partial charge in [-0.05, 0) is 6.26 Å². The highest BCUT2D eigenvalue weighted by molar-refractivity contribution is 8.09. The average Bonchev–Trinajstić information content (AvgIpc) is 1.87. The molecule has 1 atom stereocenters. The van der Waals surface area contributed by atoms with Crippen molar-refractivity contribution in [1.29, 1.82) is 0 Å². The summed E-state index contributed by atoms with van der Waals surface area (Å²) in [5.41, 5.74) is 0. The predicted octanol–water partition coefficient (Wildman–Crippen LogP) is 1.52. The minimum atomic E-state index is -0.308. The Morgan fingerprint density at radius 1 is 1.89 bits per heavy atom. The van der Waals surface area contributed by atoms with Crippen LogP contribution in [0.4, 0.5) is 0 Å². The molecule has 0 aliphatic heterocycles. The molecule has 54 valence electrons. The zero-order chi connectivity index (χ0) is 7.28. The van der Waals surface area contributed by atoms with Gasteiger partial charge in [-0.2, -0.15) is 0 Å². The van der Waals surface area contributed by atoms with Gasteiger partial charge in [0.05, 0.1) is 0 Å². The van der Waals surface area contributed by atoms with E-state index in [1.807, 2.05) is 6.26 Å². The van der Waals surface area contributed by atoms with Gasteiger partial charge in [0.25, 0.3) is 0 Å². The fourth-order valence-electron chi connectivity index (χ4n) is 0.244. The summed E-state index contributed by atoms with van der Waals surface area (Å²) in [5, 5.41) is 0. The van der Waals surface area contributed by atoms with Crippen molar-refractivity contribution in [3.05, 3.63) is 0 Å². The standard InChI is InChI=1S/C5H10O2S2/c1-3-4(6)7-5(8)9-2/h5,8H,3H2,1-2H3. The van der Waals surface area contributed by atoms with Crippen LogP contribution < -0.4 is 0 Å². The number of hydrogen-bond acceptors (Lipinski definition) is 4. The lowest BCUT2D eigenvalue weighted by Gasteiger charge is -2.06. The van der Waals surface area contributed by atoms with Crippen LogP contribution in [0.25, 0.3) is 0 Å². The lowest BCUT2D eigenvalue weighted by atomic mass is 10.5. The second kappa shape index (κ2) is 4.99. The van der Waals surface area contributed by atoms with Gasteiger partial charge < -0.3 is 4.74 Å². The quantitative estimate of drug-likeness (QED) is 0.391. The summed E-state index contributed by atoms with van der Waals surface area (Å²) in [6.07, 6.45) is 2.25. The lowest BCUT2D eigenvalue weighted by molar-refractivity contribution is -0.141. The second-order valence-corrected chi connectivity index (χ2v) is 3.10. The van der Waals surface area contributed by atoms with E-state index in [0.717, 1.165) is 0 Å². The summed E-state index contributed by atoms with van der Waals surface area (Å²) in [6, 6.07) is 0. The average molecular weight is 166 g/mol. The smallest absolute Gasteiger partial charge is 0.307 e. The Hall–Kier alpha value is 0.170. The molecule has 0 saturated carbocycles. The zero-order valence-electron chi connectivity index (χ0n) is 5.46. The van der Waals surface area contributed by atoms with Crippen LogP contribution >= 0.6 is 24.4 Å². The molecule has 0 aliphatic carbocycles. The maximum Gasteiger partial charge on any atom is 0.307 e. The number of thioether (sulfide) groups is 1. The van der Waals surface area contributed by atoms with Gasteiger partial charge in [-0.1, -0.05) is 6.92 Å². The largest absolute Gasteiger partial charge is 0.441 e. The molecule has 4 heteroatoms. The molecule has 0 aromatic heterocycles. The summed E-state index contributed by atoms with van der Waals surface area (Å²) in [5.74, 6) is -0.204. The first-order valence-electron chi connectivity index (χ1n) is 2.61. The number of thiol groups is 1. The van der Waals surface area contributed by atoms with Gasteiger partial charge in [-0.3, -0.25) is 4.79 Å². The Kier molecular flexibility index (Phi) is 5.09. The van der Waals surface area contributed by atoms with Crippen molar-refractivity contribution >= 4 is 30.4 Å². The number of carbonyl (C=O) groups excluding carboxylic acids is 1. The molecule has 0 fully saturated rings. The summed E-state index contributed by atoms with van der Waals surface area (Å²) in [6.45, 7) is 1.75. The first-order chi connectivity index (χ1) is 4.20. The molecule has 2 nitrogen and oxygen atoms in total. The number of rotatable bonds is 3. The molecule has 0 heterocycles. The normalized spacial score (nSPS) is 12.8.